The summed E-state index contributed by atoms with van der Waals surface area (Å²) < 4.78 is 0. The molecule has 1 nitrogen and oxygen atoms in total. The lowest BCUT2D eigenvalue weighted by Gasteiger charge is -2.27. The van der Waals surface area contributed by atoms with E-state index in [9.17, 15) is 0 Å². The minimum Gasteiger partial charge on any atom is -0.330 e. The van der Waals surface area contributed by atoms with E-state index in [4.69, 9.17) is 5.73 Å². The maximum atomic E-state index is 5.66. The molecule has 1 heteroatoms. The van der Waals surface area contributed by atoms with Crippen molar-refractivity contribution in [3.63, 3.8) is 0 Å². The fourth-order valence-electron chi connectivity index (χ4n) is 1.27. The lowest BCUT2D eigenvalue weighted by molar-refractivity contribution is 0.381. The number of nitrogens with two attached hydrogens (primary N) is 1. The molecule has 0 bridgehead atoms. The second kappa shape index (κ2) is 3.02. The molecule has 0 unspecified atom stereocenters. The molecule has 0 aromatic rings. The highest BCUT2D eigenvalue weighted by atomic mass is 14.6. The molecule has 0 aliphatic heterocycles. The summed E-state index contributed by atoms with van der Waals surface area (Å²) in [5.74, 6) is 0. The van der Waals surface area contributed by atoms with Gasteiger partial charge in [-0.25, -0.2) is 0 Å². The Hall–Kier alpha value is -0.560. The van der Waals surface area contributed by atoms with Crippen LogP contribution in [0.1, 0.15) is 19.8 Å². The minimum atomic E-state index is 0.273. The van der Waals surface area contributed by atoms with Crippen LogP contribution in [-0.2, 0) is 0 Å². The van der Waals surface area contributed by atoms with E-state index in [0.717, 1.165) is 19.4 Å². The smallest absolute Gasteiger partial charge is 0.00394 e. The van der Waals surface area contributed by atoms with Crippen LogP contribution in [0.4, 0.5) is 0 Å². The summed E-state index contributed by atoms with van der Waals surface area (Å²) in [4.78, 5) is 0. The van der Waals surface area contributed by atoms with Crippen molar-refractivity contribution in [2.75, 3.05) is 6.54 Å². The first-order valence-corrected chi connectivity index (χ1v) is 3.87. The summed E-state index contributed by atoms with van der Waals surface area (Å²) in [5, 5.41) is 0. The zero-order valence-electron chi connectivity index (χ0n) is 6.51. The predicted octanol–water partition coefficient (Wildman–Crippen LogP) is 1.86. The monoisotopic (exact) mass is 137 g/mol. The average Bonchev–Trinajstić information content (AvgIpc) is 2.06. The highest BCUT2D eigenvalue weighted by Gasteiger charge is 2.22. The summed E-state index contributed by atoms with van der Waals surface area (Å²) in [7, 11) is 0. The lowest BCUT2D eigenvalue weighted by atomic mass is 9.79. The maximum absolute atomic E-state index is 5.66. The van der Waals surface area contributed by atoms with Gasteiger partial charge < -0.3 is 5.73 Å². The Morgan fingerprint density at radius 2 is 2.30 bits per heavy atom. The molecule has 0 amide bonds. The molecule has 56 valence electrons. The molecule has 0 saturated heterocycles. The van der Waals surface area contributed by atoms with Gasteiger partial charge >= 0.3 is 0 Å². The number of hydrogen-bond donors (Lipinski definition) is 1. The molecule has 0 heterocycles. The van der Waals surface area contributed by atoms with Crippen LogP contribution in [0, 0.1) is 5.41 Å². The van der Waals surface area contributed by atoms with E-state index in [-0.39, 0.29) is 5.41 Å². The highest BCUT2D eigenvalue weighted by molar-refractivity contribution is 5.16. The quantitative estimate of drug-likeness (QED) is 0.617. The van der Waals surface area contributed by atoms with E-state index in [0.29, 0.717) is 0 Å². The van der Waals surface area contributed by atoms with E-state index >= 15 is 0 Å². The van der Waals surface area contributed by atoms with Gasteiger partial charge in [-0.2, -0.15) is 0 Å². The summed E-state index contributed by atoms with van der Waals surface area (Å²) >= 11 is 0. The second-order valence-corrected chi connectivity index (χ2v) is 2.91. The summed E-state index contributed by atoms with van der Waals surface area (Å²) in [6.45, 7) is 2.96. The van der Waals surface area contributed by atoms with Crippen molar-refractivity contribution in [3.8, 4) is 0 Å². The third-order valence-corrected chi connectivity index (χ3v) is 2.33. The molecular weight excluding hydrogens is 122 g/mol. The average molecular weight is 137 g/mol. The molecule has 0 saturated carbocycles. The van der Waals surface area contributed by atoms with Gasteiger partial charge in [-0.05, 0) is 12.8 Å². The van der Waals surface area contributed by atoms with Gasteiger partial charge in [-0.15, -0.1) is 0 Å². The molecule has 0 aromatic heterocycles. The van der Waals surface area contributed by atoms with Gasteiger partial charge in [0.15, 0.2) is 0 Å². The third kappa shape index (κ3) is 1.29. The Morgan fingerprint density at radius 1 is 1.50 bits per heavy atom. The Kier molecular flexibility index (Phi) is 2.28. The zero-order chi connectivity index (χ0) is 7.45. The normalized spacial score (nSPS) is 31.0. The number of hydrogen-bond acceptors (Lipinski definition) is 1. The third-order valence-electron chi connectivity index (χ3n) is 2.33. The number of rotatable bonds is 2. The van der Waals surface area contributed by atoms with Gasteiger partial charge in [0.1, 0.15) is 0 Å². The Labute approximate surface area is 62.6 Å². The Morgan fingerprint density at radius 3 is 2.60 bits per heavy atom. The van der Waals surface area contributed by atoms with E-state index < -0.39 is 0 Å². The van der Waals surface area contributed by atoms with Gasteiger partial charge in [-0.1, -0.05) is 31.2 Å². The molecule has 1 rings (SSSR count). The topological polar surface area (TPSA) is 26.0 Å². The lowest BCUT2D eigenvalue weighted by Crippen LogP contribution is -2.27. The zero-order valence-corrected chi connectivity index (χ0v) is 6.51. The summed E-state index contributed by atoms with van der Waals surface area (Å²) in [6.07, 6.45) is 10.9. The molecule has 0 fully saturated rings. The summed E-state index contributed by atoms with van der Waals surface area (Å²) in [5.41, 5.74) is 5.94. The van der Waals surface area contributed by atoms with Crippen LogP contribution in [-0.4, -0.2) is 6.54 Å². The van der Waals surface area contributed by atoms with Crippen molar-refractivity contribution in [1.82, 2.24) is 0 Å². The van der Waals surface area contributed by atoms with Crippen molar-refractivity contribution < 1.29 is 0 Å². The SMILES string of the molecule is CC[C@@]1(CN)C=CC=CC1. The molecule has 0 aromatic carbocycles. The second-order valence-electron chi connectivity index (χ2n) is 2.91. The van der Waals surface area contributed by atoms with Crippen molar-refractivity contribution in [1.29, 1.82) is 0 Å². The van der Waals surface area contributed by atoms with Crippen LogP contribution >= 0.6 is 0 Å². The van der Waals surface area contributed by atoms with E-state index in [2.05, 4.69) is 31.2 Å². The van der Waals surface area contributed by atoms with Gasteiger partial charge in [0.25, 0.3) is 0 Å². The van der Waals surface area contributed by atoms with Crippen molar-refractivity contribution in [2.24, 2.45) is 11.1 Å². The van der Waals surface area contributed by atoms with Gasteiger partial charge in [0.2, 0.25) is 0 Å². The molecular formula is C9H15N. The van der Waals surface area contributed by atoms with Gasteiger partial charge in [0.05, 0.1) is 0 Å². The van der Waals surface area contributed by atoms with Crippen LogP contribution in [0.25, 0.3) is 0 Å². The number of allylic oxidation sites excluding steroid dienone is 3. The highest BCUT2D eigenvalue weighted by Crippen LogP contribution is 2.29. The first kappa shape index (κ1) is 7.55. The van der Waals surface area contributed by atoms with E-state index in [1.54, 1.807) is 0 Å². The molecule has 0 radical (unpaired) electrons. The Bertz CT molecular complexity index is 152. The molecule has 1 aliphatic rings. The molecule has 10 heavy (non-hydrogen) atoms. The van der Waals surface area contributed by atoms with Crippen LogP contribution < -0.4 is 5.73 Å². The molecule has 0 spiro atoms. The van der Waals surface area contributed by atoms with Crippen LogP contribution in [0.2, 0.25) is 0 Å². The summed E-state index contributed by atoms with van der Waals surface area (Å²) in [6, 6.07) is 0. The Balaban J connectivity index is 2.66. The molecule has 1 aliphatic carbocycles. The molecule has 2 N–H and O–H groups in total. The first-order valence-electron chi connectivity index (χ1n) is 3.87. The van der Waals surface area contributed by atoms with Gasteiger partial charge in [0, 0.05) is 12.0 Å². The van der Waals surface area contributed by atoms with Crippen molar-refractivity contribution in [3.05, 3.63) is 24.3 Å². The van der Waals surface area contributed by atoms with E-state index in [1.165, 1.54) is 0 Å². The fraction of sp³-hybridized carbons (Fsp3) is 0.556. The fourth-order valence-corrected chi connectivity index (χ4v) is 1.27. The largest absolute Gasteiger partial charge is 0.330 e. The first-order chi connectivity index (χ1) is 4.83. The standard InChI is InChI=1S/C9H15N/c1-2-9(8-10)6-4-3-5-7-9/h3-6H,2,7-8,10H2,1H3/t9-/m1/s1. The van der Waals surface area contributed by atoms with E-state index in [1.807, 2.05) is 0 Å². The van der Waals surface area contributed by atoms with Crippen LogP contribution in [0.5, 0.6) is 0 Å². The van der Waals surface area contributed by atoms with Gasteiger partial charge in [-0.3, -0.25) is 0 Å². The minimum absolute atomic E-state index is 0.273. The maximum Gasteiger partial charge on any atom is 0.00394 e. The van der Waals surface area contributed by atoms with Crippen molar-refractivity contribution in [2.45, 2.75) is 19.8 Å². The van der Waals surface area contributed by atoms with Crippen LogP contribution in [0.3, 0.4) is 0 Å². The van der Waals surface area contributed by atoms with Crippen LogP contribution in [0.15, 0.2) is 24.3 Å². The van der Waals surface area contributed by atoms with Crippen molar-refractivity contribution >= 4 is 0 Å². The predicted molar refractivity (Wildman–Crippen MR) is 44.7 cm³/mol. The molecule has 1 atom stereocenters.